The van der Waals surface area contributed by atoms with Crippen LogP contribution in [0.3, 0.4) is 0 Å². The summed E-state index contributed by atoms with van der Waals surface area (Å²) in [7, 11) is 0. The van der Waals surface area contributed by atoms with Crippen LogP contribution in [0.4, 0.5) is 0 Å². The summed E-state index contributed by atoms with van der Waals surface area (Å²) in [6.07, 6.45) is 1.66. The average molecular weight is 345 g/mol. The first-order chi connectivity index (χ1) is 11.4. The molecule has 0 aliphatic heterocycles. The first-order valence-electron chi connectivity index (χ1n) is 7.65. The molecule has 0 radical (unpaired) electrons. The van der Waals surface area contributed by atoms with Crippen LogP contribution in [0, 0.1) is 27.7 Å². The fraction of sp³-hybridized carbons (Fsp3) is 0.263. The van der Waals surface area contributed by atoms with Gasteiger partial charge >= 0.3 is 0 Å². The highest BCUT2D eigenvalue weighted by atomic mass is 35.5. The summed E-state index contributed by atoms with van der Waals surface area (Å²) < 4.78 is 5.47. The number of nitrogens with one attached hydrogen (secondary N) is 1. The van der Waals surface area contributed by atoms with Gasteiger partial charge < -0.3 is 4.74 Å². The number of rotatable bonds is 5. The molecule has 0 aliphatic rings. The SMILES string of the molecule is Cc1cc(C)c(/C=N/NC(=O)COc2ccc(Cl)cc2C)c(C)c1. The molecule has 0 aliphatic carbocycles. The van der Waals surface area contributed by atoms with E-state index < -0.39 is 0 Å². The molecular weight excluding hydrogens is 324 g/mol. The molecule has 0 bridgehead atoms. The van der Waals surface area contributed by atoms with Crippen LogP contribution in [0.5, 0.6) is 5.75 Å². The second-order valence-electron chi connectivity index (χ2n) is 5.80. The Morgan fingerprint density at radius 1 is 1.12 bits per heavy atom. The second-order valence-corrected chi connectivity index (χ2v) is 6.24. The number of benzene rings is 2. The molecule has 0 saturated heterocycles. The highest BCUT2D eigenvalue weighted by Crippen LogP contribution is 2.21. The van der Waals surface area contributed by atoms with Gasteiger partial charge in [0, 0.05) is 10.6 Å². The van der Waals surface area contributed by atoms with Gasteiger partial charge in [0.15, 0.2) is 6.61 Å². The Balaban J connectivity index is 1.91. The van der Waals surface area contributed by atoms with Gasteiger partial charge in [-0.25, -0.2) is 5.43 Å². The van der Waals surface area contributed by atoms with Crippen LogP contribution in [0.1, 0.15) is 27.8 Å². The zero-order valence-electron chi connectivity index (χ0n) is 14.3. The molecule has 0 atom stereocenters. The third kappa shape index (κ3) is 4.83. The van der Waals surface area contributed by atoms with Crippen molar-refractivity contribution in [2.75, 3.05) is 6.61 Å². The lowest BCUT2D eigenvalue weighted by Crippen LogP contribution is -2.24. The average Bonchev–Trinajstić information content (AvgIpc) is 2.49. The molecule has 1 N–H and O–H groups in total. The lowest BCUT2D eigenvalue weighted by molar-refractivity contribution is -0.123. The van der Waals surface area contributed by atoms with Gasteiger partial charge in [-0.1, -0.05) is 29.3 Å². The van der Waals surface area contributed by atoms with Gasteiger partial charge in [0.05, 0.1) is 6.21 Å². The monoisotopic (exact) mass is 344 g/mol. The Labute approximate surface area is 147 Å². The van der Waals surface area contributed by atoms with E-state index in [-0.39, 0.29) is 12.5 Å². The highest BCUT2D eigenvalue weighted by Gasteiger charge is 2.05. The van der Waals surface area contributed by atoms with Crippen LogP contribution in [-0.4, -0.2) is 18.7 Å². The molecule has 0 saturated carbocycles. The predicted octanol–water partition coefficient (Wildman–Crippen LogP) is 4.10. The topological polar surface area (TPSA) is 50.7 Å². The number of hydrogen-bond donors (Lipinski definition) is 1. The minimum atomic E-state index is -0.317. The fourth-order valence-electron chi connectivity index (χ4n) is 2.51. The third-order valence-electron chi connectivity index (χ3n) is 3.62. The minimum Gasteiger partial charge on any atom is -0.483 e. The lowest BCUT2D eigenvalue weighted by Gasteiger charge is -2.09. The summed E-state index contributed by atoms with van der Waals surface area (Å²) in [6.45, 7) is 7.87. The molecule has 0 spiro atoms. The minimum absolute atomic E-state index is 0.105. The third-order valence-corrected chi connectivity index (χ3v) is 3.85. The standard InChI is InChI=1S/C19H21ClN2O2/c1-12-7-13(2)17(14(3)8-12)10-21-22-19(23)11-24-18-6-5-16(20)9-15(18)4/h5-10H,11H2,1-4H3,(H,22,23)/b21-10+. The molecule has 0 fully saturated rings. The van der Waals surface area contributed by atoms with E-state index in [4.69, 9.17) is 16.3 Å². The normalized spacial score (nSPS) is 10.9. The van der Waals surface area contributed by atoms with Crippen LogP contribution in [0.2, 0.25) is 5.02 Å². The molecule has 2 aromatic carbocycles. The quantitative estimate of drug-likeness (QED) is 0.655. The molecule has 0 aromatic heterocycles. The summed E-state index contributed by atoms with van der Waals surface area (Å²) in [6, 6.07) is 9.43. The Morgan fingerprint density at radius 2 is 1.79 bits per heavy atom. The van der Waals surface area contributed by atoms with Crippen molar-refractivity contribution in [3.8, 4) is 5.75 Å². The Kier molecular flexibility index (Phi) is 5.99. The molecule has 5 heteroatoms. The largest absolute Gasteiger partial charge is 0.483 e. The summed E-state index contributed by atoms with van der Waals surface area (Å²) in [5.41, 5.74) is 7.82. The van der Waals surface area contributed by atoms with E-state index in [1.807, 2.05) is 20.8 Å². The van der Waals surface area contributed by atoms with Crippen LogP contribution in [0.15, 0.2) is 35.4 Å². The van der Waals surface area contributed by atoms with Gasteiger partial charge in [0.2, 0.25) is 0 Å². The molecule has 1 amide bonds. The molecule has 0 heterocycles. The Hall–Kier alpha value is -2.33. The maximum Gasteiger partial charge on any atom is 0.277 e. The van der Waals surface area contributed by atoms with E-state index in [1.165, 1.54) is 5.56 Å². The van der Waals surface area contributed by atoms with Crippen molar-refractivity contribution in [3.05, 3.63) is 63.2 Å². The number of carbonyl (C=O) groups excluding carboxylic acids is 1. The number of hydrazone groups is 1. The van der Waals surface area contributed by atoms with Crippen LogP contribution in [-0.2, 0) is 4.79 Å². The molecule has 24 heavy (non-hydrogen) atoms. The molecule has 126 valence electrons. The van der Waals surface area contributed by atoms with E-state index in [0.29, 0.717) is 10.8 Å². The molecule has 2 aromatic rings. The van der Waals surface area contributed by atoms with Crippen molar-refractivity contribution in [2.45, 2.75) is 27.7 Å². The fourth-order valence-corrected chi connectivity index (χ4v) is 2.74. The number of aryl methyl sites for hydroxylation is 4. The Bertz CT molecular complexity index is 762. The van der Waals surface area contributed by atoms with Gasteiger partial charge in [-0.05, 0) is 62.6 Å². The van der Waals surface area contributed by atoms with Crippen molar-refractivity contribution < 1.29 is 9.53 Å². The van der Waals surface area contributed by atoms with Crippen molar-refractivity contribution in [2.24, 2.45) is 5.10 Å². The molecular formula is C19H21ClN2O2. The van der Waals surface area contributed by atoms with Crippen molar-refractivity contribution >= 4 is 23.7 Å². The summed E-state index contributed by atoms with van der Waals surface area (Å²) in [5, 5.41) is 4.65. The maximum atomic E-state index is 11.8. The van der Waals surface area contributed by atoms with E-state index in [9.17, 15) is 4.79 Å². The summed E-state index contributed by atoms with van der Waals surface area (Å²) in [5.74, 6) is 0.312. The molecule has 0 unspecified atom stereocenters. The zero-order valence-corrected chi connectivity index (χ0v) is 15.1. The van der Waals surface area contributed by atoms with Crippen molar-refractivity contribution in [1.29, 1.82) is 0 Å². The van der Waals surface area contributed by atoms with Gasteiger partial charge in [0.25, 0.3) is 5.91 Å². The van der Waals surface area contributed by atoms with Crippen LogP contribution < -0.4 is 10.2 Å². The first-order valence-corrected chi connectivity index (χ1v) is 8.03. The molecule has 4 nitrogen and oxygen atoms in total. The van der Waals surface area contributed by atoms with Crippen LogP contribution in [0.25, 0.3) is 0 Å². The number of carbonyl (C=O) groups is 1. The van der Waals surface area contributed by atoms with Crippen molar-refractivity contribution in [1.82, 2.24) is 5.43 Å². The maximum absolute atomic E-state index is 11.8. The molecule has 2 rings (SSSR count). The second kappa shape index (κ2) is 7.97. The number of hydrogen-bond acceptors (Lipinski definition) is 3. The predicted molar refractivity (Wildman–Crippen MR) is 98.1 cm³/mol. The van der Waals surface area contributed by atoms with E-state index in [2.05, 4.69) is 29.6 Å². The number of ether oxygens (including phenoxy) is 1. The zero-order chi connectivity index (χ0) is 17.7. The summed E-state index contributed by atoms with van der Waals surface area (Å²) in [4.78, 5) is 11.8. The lowest BCUT2D eigenvalue weighted by atomic mass is 10.0. The van der Waals surface area contributed by atoms with Crippen molar-refractivity contribution in [3.63, 3.8) is 0 Å². The van der Waals surface area contributed by atoms with Gasteiger partial charge in [-0.3, -0.25) is 4.79 Å². The van der Waals surface area contributed by atoms with E-state index >= 15 is 0 Å². The Morgan fingerprint density at radius 3 is 2.42 bits per heavy atom. The van der Waals surface area contributed by atoms with E-state index in [0.717, 1.165) is 22.3 Å². The number of nitrogens with zero attached hydrogens (tertiary/aromatic N) is 1. The summed E-state index contributed by atoms with van der Waals surface area (Å²) >= 11 is 5.89. The van der Waals surface area contributed by atoms with Gasteiger partial charge in [-0.2, -0.15) is 5.10 Å². The van der Waals surface area contributed by atoms with E-state index in [1.54, 1.807) is 24.4 Å². The number of amides is 1. The van der Waals surface area contributed by atoms with Gasteiger partial charge in [0.1, 0.15) is 5.75 Å². The van der Waals surface area contributed by atoms with Gasteiger partial charge in [-0.15, -0.1) is 0 Å². The van der Waals surface area contributed by atoms with Crippen LogP contribution >= 0.6 is 11.6 Å². The smallest absolute Gasteiger partial charge is 0.277 e. The number of halogens is 1. The highest BCUT2D eigenvalue weighted by molar-refractivity contribution is 6.30. The first kappa shape index (κ1) is 18.0.